The van der Waals surface area contributed by atoms with Crippen LogP contribution in [-0.4, -0.2) is 54.6 Å². The van der Waals surface area contributed by atoms with Crippen LogP contribution in [0.5, 0.6) is 0 Å². The van der Waals surface area contributed by atoms with Crippen molar-refractivity contribution in [2.45, 2.75) is 85.5 Å². The Bertz CT molecular complexity index is 768. The topological polar surface area (TPSA) is 76.0 Å². The maximum absolute atomic E-state index is 12.6. The van der Waals surface area contributed by atoms with Gasteiger partial charge in [0.1, 0.15) is 11.9 Å². The van der Waals surface area contributed by atoms with Crippen LogP contribution in [0.2, 0.25) is 0 Å². The second-order valence-corrected chi connectivity index (χ2v) is 12.0. The van der Waals surface area contributed by atoms with Crippen LogP contribution >= 0.6 is 0 Å². The highest BCUT2D eigenvalue weighted by atomic mass is 16.5. The number of allylic oxidation sites excluding steroid dienone is 1. The van der Waals surface area contributed by atoms with Crippen molar-refractivity contribution in [2.24, 2.45) is 46.3 Å². The van der Waals surface area contributed by atoms with Crippen LogP contribution in [-0.2, 0) is 14.3 Å². The molecule has 2 N–H and O–H groups in total. The monoisotopic (exact) mass is 450 g/mol. The molecular formula is C27H46O5. The summed E-state index contributed by atoms with van der Waals surface area (Å²) in [5.74, 6) is 0.244. The molecule has 0 amide bonds. The van der Waals surface area contributed by atoms with E-state index < -0.39 is 22.7 Å². The fourth-order valence-corrected chi connectivity index (χ4v) is 8.70. The van der Waals surface area contributed by atoms with Gasteiger partial charge in [0.2, 0.25) is 0 Å². The van der Waals surface area contributed by atoms with Crippen molar-refractivity contribution in [1.29, 1.82) is 0 Å². The van der Waals surface area contributed by atoms with E-state index in [0.717, 1.165) is 18.3 Å². The number of carbonyl (C=O) groups is 1. The minimum Gasteiger partial charge on any atom is -0.393 e. The second-order valence-electron chi connectivity index (χ2n) is 12.0. The molecule has 2 bridgehead atoms. The first-order valence-electron chi connectivity index (χ1n) is 12.3. The van der Waals surface area contributed by atoms with Crippen molar-refractivity contribution >= 4 is 6.29 Å². The second kappa shape index (κ2) is 8.18. The molecule has 0 aromatic rings. The van der Waals surface area contributed by atoms with Crippen LogP contribution in [0.1, 0.15) is 68.2 Å². The first kappa shape index (κ1) is 25.9. The molecule has 0 heterocycles. The van der Waals surface area contributed by atoms with E-state index in [1.165, 1.54) is 5.57 Å². The molecule has 3 aliphatic rings. The van der Waals surface area contributed by atoms with Crippen molar-refractivity contribution in [3.05, 3.63) is 11.1 Å². The lowest BCUT2D eigenvalue weighted by atomic mass is 9.40. The van der Waals surface area contributed by atoms with Gasteiger partial charge >= 0.3 is 0 Å². The molecule has 3 rings (SSSR count). The highest BCUT2D eigenvalue weighted by molar-refractivity contribution is 5.61. The summed E-state index contributed by atoms with van der Waals surface area (Å²) in [5, 5.41) is 23.4. The fourth-order valence-electron chi connectivity index (χ4n) is 8.70. The molecule has 32 heavy (non-hydrogen) atoms. The molecule has 184 valence electrons. The summed E-state index contributed by atoms with van der Waals surface area (Å²) in [6.45, 7) is 17.5. The number of fused-ring (bicyclic) bond motifs is 3. The zero-order valence-electron chi connectivity index (χ0n) is 21.9. The highest BCUT2D eigenvalue weighted by Gasteiger charge is 2.70. The molecule has 8 unspecified atom stereocenters. The Morgan fingerprint density at radius 3 is 2.16 bits per heavy atom. The minimum absolute atomic E-state index is 0.0964. The number of rotatable bonds is 4. The lowest BCUT2D eigenvalue weighted by Crippen LogP contribution is -2.74. The van der Waals surface area contributed by atoms with Crippen molar-refractivity contribution in [2.75, 3.05) is 20.8 Å². The standard InChI is InChI=1S/C27H46O5/c1-15-11-16(2)26(14-29,32-10)22-23(31-9)27(30)12-20(13-28)18(4)21(24(27,6)7)17(3)19(5)25(15,22)8/h13,15-17,19-20,22-23,29-30H,11-12,14H2,1-10H3/t15?,16-,17+,19?,20?,22?,23?,25?,26?,27?/m1/s1. The summed E-state index contributed by atoms with van der Waals surface area (Å²) in [4.78, 5) is 12.2. The minimum atomic E-state index is -1.28. The number of carbonyl (C=O) groups excluding carboxylic acids is 1. The molecule has 10 atom stereocenters. The third-order valence-electron chi connectivity index (χ3n) is 11.1. The summed E-state index contributed by atoms with van der Waals surface area (Å²) in [5.41, 5.74) is -0.677. The molecule has 3 aliphatic carbocycles. The molecule has 2 fully saturated rings. The Morgan fingerprint density at radius 2 is 1.69 bits per heavy atom. The largest absolute Gasteiger partial charge is 0.393 e. The Kier molecular flexibility index (Phi) is 6.61. The molecular weight excluding hydrogens is 404 g/mol. The summed E-state index contributed by atoms with van der Waals surface area (Å²) in [6.07, 6.45) is 1.65. The maximum Gasteiger partial charge on any atom is 0.127 e. The van der Waals surface area contributed by atoms with Crippen LogP contribution < -0.4 is 0 Å². The quantitative estimate of drug-likeness (QED) is 0.494. The molecule has 0 aliphatic heterocycles. The van der Waals surface area contributed by atoms with E-state index >= 15 is 0 Å². The van der Waals surface area contributed by atoms with Crippen LogP contribution in [0.3, 0.4) is 0 Å². The van der Waals surface area contributed by atoms with Gasteiger partial charge in [-0.2, -0.15) is 0 Å². The van der Waals surface area contributed by atoms with Crippen LogP contribution in [0.4, 0.5) is 0 Å². The number of hydrogen-bond acceptors (Lipinski definition) is 5. The van der Waals surface area contributed by atoms with Gasteiger partial charge < -0.3 is 24.5 Å². The molecule has 2 saturated carbocycles. The third-order valence-corrected chi connectivity index (χ3v) is 11.1. The Balaban J connectivity index is 2.45. The molecule has 0 aromatic carbocycles. The van der Waals surface area contributed by atoms with E-state index in [4.69, 9.17) is 9.47 Å². The predicted molar refractivity (Wildman–Crippen MR) is 126 cm³/mol. The summed E-state index contributed by atoms with van der Waals surface area (Å²) in [6, 6.07) is 0. The van der Waals surface area contributed by atoms with Gasteiger partial charge in [-0.05, 0) is 48.9 Å². The fraction of sp³-hybridized carbons (Fsp3) is 0.889. The van der Waals surface area contributed by atoms with Gasteiger partial charge in [-0.3, -0.25) is 0 Å². The molecule has 0 radical (unpaired) electrons. The van der Waals surface area contributed by atoms with Gasteiger partial charge in [0.25, 0.3) is 0 Å². The Hall–Kier alpha value is -0.750. The van der Waals surface area contributed by atoms with Crippen LogP contribution in [0, 0.1) is 46.3 Å². The van der Waals surface area contributed by atoms with Gasteiger partial charge in [-0.15, -0.1) is 0 Å². The average Bonchev–Trinajstić information content (AvgIpc) is 2.74. The maximum atomic E-state index is 12.6. The first-order chi connectivity index (χ1) is 14.8. The van der Waals surface area contributed by atoms with Crippen molar-refractivity contribution in [3.63, 3.8) is 0 Å². The van der Waals surface area contributed by atoms with Crippen molar-refractivity contribution in [1.82, 2.24) is 0 Å². The smallest absolute Gasteiger partial charge is 0.127 e. The number of ether oxygens (including phenoxy) is 2. The normalized spacial score (nSPS) is 50.9. The Morgan fingerprint density at radius 1 is 1.09 bits per heavy atom. The van der Waals surface area contributed by atoms with Gasteiger partial charge in [0.05, 0.1) is 18.3 Å². The molecule has 0 aromatic heterocycles. The lowest BCUT2D eigenvalue weighted by Gasteiger charge is -2.68. The summed E-state index contributed by atoms with van der Waals surface area (Å²) in [7, 11) is 3.35. The highest BCUT2D eigenvalue weighted by Crippen LogP contribution is 2.67. The van der Waals surface area contributed by atoms with Gasteiger partial charge in [-0.25, -0.2) is 0 Å². The van der Waals surface area contributed by atoms with Gasteiger partial charge in [0, 0.05) is 31.5 Å². The first-order valence-corrected chi connectivity index (χ1v) is 12.3. The molecule has 5 nitrogen and oxygen atoms in total. The number of hydrogen-bond donors (Lipinski definition) is 2. The SMILES string of the molecule is COC1C2C(C)(C(C)C[C@@H](C)C2(CO)OC)C(C)[C@H](C)C2=C(C)C(C=O)CC1(O)C2(C)C. The number of aliphatic hydroxyl groups is 2. The lowest BCUT2D eigenvalue weighted by molar-refractivity contribution is -0.292. The molecule has 5 heteroatoms. The van der Waals surface area contributed by atoms with E-state index in [1.807, 2.05) is 0 Å². The van der Waals surface area contributed by atoms with Crippen molar-refractivity contribution in [3.8, 4) is 0 Å². The molecule has 0 spiro atoms. The van der Waals surface area contributed by atoms with E-state index in [2.05, 4.69) is 55.4 Å². The average molecular weight is 451 g/mol. The van der Waals surface area contributed by atoms with E-state index in [9.17, 15) is 15.0 Å². The zero-order valence-corrected chi connectivity index (χ0v) is 21.9. The summed E-state index contributed by atoms with van der Waals surface area (Å²) >= 11 is 0. The predicted octanol–water partition coefficient (Wildman–Crippen LogP) is 4.26. The Labute approximate surface area is 194 Å². The number of aliphatic hydroxyl groups excluding tert-OH is 1. The van der Waals surface area contributed by atoms with Crippen molar-refractivity contribution < 1.29 is 24.5 Å². The van der Waals surface area contributed by atoms with E-state index in [1.54, 1.807) is 14.2 Å². The van der Waals surface area contributed by atoms with Crippen LogP contribution in [0.15, 0.2) is 11.1 Å². The van der Waals surface area contributed by atoms with E-state index in [-0.39, 0.29) is 41.6 Å². The number of methoxy groups -OCH3 is 2. The number of aldehydes is 1. The van der Waals surface area contributed by atoms with E-state index in [0.29, 0.717) is 12.3 Å². The third kappa shape index (κ3) is 2.93. The zero-order chi connectivity index (χ0) is 24.4. The summed E-state index contributed by atoms with van der Waals surface area (Å²) < 4.78 is 12.5. The van der Waals surface area contributed by atoms with Gasteiger partial charge in [-0.1, -0.05) is 59.6 Å². The van der Waals surface area contributed by atoms with Crippen LogP contribution in [0.25, 0.3) is 0 Å². The molecule has 0 saturated heterocycles. The van der Waals surface area contributed by atoms with Gasteiger partial charge in [0.15, 0.2) is 0 Å².